The van der Waals surface area contributed by atoms with Crippen LogP contribution in [0.5, 0.6) is 0 Å². The Morgan fingerprint density at radius 1 is 1.30 bits per heavy atom. The molecule has 1 saturated carbocycles. The van der Waals surface area contributed by atoms with Gasteiger partial charge in [0.15, 0.2) is 0 Å². The number of carbonyl (C=O) groups is 1. The summed E-state index contributed by atoms with van der Waals surface area (Å²) in [5.41, 5.74) is 0.929. The third-order valence-corrected chi connectivity index (χ3v) is 6.14. The third-order valence-electron chi connectivity index (χ3n) is 6.14. The van der Waals surface area contributed by atoms with Crippen LogP contribution in [-0.4, -0.2) is 30.4 Å². The lowest BCUT2D eigenvalue weighted by atomic mass is 9.91. The van der Waals surface area contributed by atoms with Crippen LogP contribution in [0.4, 0.5) is 4.39 Å². The minimum absolute atomic E-state index is 0.0851. The van der Waals surface area contributed by atoms with Gasteiger partial charge in [0, 0.05) is 18.0 Å². The third kappa shape index (κ3) is 2.57. The van der Waals surface area contributed by atoms with Crippen molar-refractivity contribution in [3.63, 3.8) is 0 Å². The van der Waals surface area contributed by atoms with Crippen molar-refractivity contribution in [2.45, 2.75) is 38.6 Å². The standard InChI is InChI=1S/C19H25FN2O/c1-13-10-17(14-4-2-3-5-16(14)20)22(12-13)18(23)15-11-19(15)6-8-21-9-7-19/h2-5,13,15,17,21H,6-12H2,1H3/t13-,15+,17+/m1/s1. The maximum atomic E-state index is 14.2. The molecule has 0 unspecified atom stereocenters. The Morgan fingerprint density at radius 2 is 2.04 bits per heavy atom. The molecule has 124 valence electrons. The number of hydrogen-bond donors (Lipinski definition) is 1. The van der Waals surface area contributed by atoms with Gasteiger partial charge < -0.3 is 10.2 Å². The molecule has 4 heteroatoms. The van der Waals surface area contributed by atoms with Gasteiger partial charge in [0.25, 0.3) is 0 Å². The van der Waals surface area contributed by atoms with E-state index in [1.54, 1.807) is 6.07 Å². The molecule has 1 aromatic rings. The Balaban J connectivity index is 1.55. The van der Waals surface area contributed by atoms with Gasteiger partial charge in [-0.2, -0.15) is 0 Å². The molecule has 0 aromatic heterocycles. The van der Waals surface area contributed by atoms with Crippen LogP contribution < -0.4 is 5.32 Å². The molecule has 1 aromatic carbocycles. The van der Waals surface area contributed by atoms with Crippen LogP contribution in [-0.2, 0) is 4.79 Å². The van der Waals surface area contributed by atoms with Crippen molar-refractivity contribution in [2.24, 2.45) is 17.3 Å². The van der Waals surface area contributed by atoms with E-state index in [9.17, 15) is 9.18 Å². The molecule has 4 rings (SSSR count). The normalized spacial score (nSPS) is 32.3. The van der Waals surface area contributed by atoms with Crippen molar-refractivity contribution >= 4 is 5.91 Å². The second kappa shape index (κ2) is 5.59. The van der Waals surface area contributed by atoms with E-state index in [1.807, 2.05) is 17.0 Å². The van der Waals surface area contributed by atoms with E-state index in [4.69, 9.17) is 0 Å². The highest BCUT2D eigenvalue weighted by Gasteiger charge is 2.59. The van der Waals surface area contributed by atoms with Gasteiger partial charge in [-0.25, -0.2) is 4.39 Å². The van der Waals surface area contributed by atoms with Crippen molar-refractivity contribution in [3.8, 4) is 0 Å². The number of nitrogens with one attached hydrogen (secondary N) is 1. The van der Waals surface area contributed by atoms with E-state index in [0.717, 1.165) is 45.3 Å². The van der Waals surface area contributed by atoms with Gasteiger partial charge >= 0.3 is 0 Å². The first-order chi connectivity index (χ1) is 11.1. The van der Waals surface area contributed by atoms with Gasteiger partial charge in [0.05, 0.1) is 6.04 Å². The molecule has 23 heavy (non-hydrogen) atoms. The highest BCUT2D eigenvalue weighted by Crippen LogP contribution is 2.60. The summed E-state index contributed by atoms with van der Waals surface area (Å²) in [6.45, 7) is 4.98. The van der Waals surface area contributed by atoms with E-state index in [2.05, 4.69) is 12.2 Å². The lowest BCUT2D eigenvalue weighted by Gasteiger charge is -2.28. The fourth-order valence-corrected chi connectivity index (χ4v) is 4.70. The molecule has 3 nitrogen and oxygen atoms in total. The van der Waals surface area contributed by atoms with Crippen LogP contribution in [0.15, 0.2) is 24.3 Å². The molecule has 3 aliphatic rings. The number of amides is 1. The monoisotopic (exact) mass is 316 g/mol. The summed E-state index contributed by atoms with van der Waals surface area (Å²) in [4.78, 5) is 15.1. The largest absolute Gasteiger partial charge is 0.335 e. The molecule has 3 fully saturated rings. The molecule has 3 atom stereocenters. The van der Waals surface area contributed by atoms with E-state index >= 15 is 0 Å². The number of nitrogens with zero attached hydrogens (tertiary/aromatic N) is 1. The van der Waals surface area contributed by atoms with Gasteiger partial charge in [-0.3, -0.25) is 4.79 Å². The molecule has 0 radical (unpaired) electrons. The Morgan fingerprint density at radius 3 is 2.78 bits per heavy atom. The van der Waals surface area contributed by atoms with Crippen LogP contribution in [0.2, 0.25) is 0 Å². The second-order valence-corrected chi connectivity index (χ2v) is 7.74. The lowest BCUT2D eigenvalue weighted by Crippen LogP contribution is -2.36. The van der Waals surface area contributed by atoms with Gasteiger partial charge in [0.2, 0.25) is 5.91 Å². The highest BCUT2D eigenvalue weighted by molar-refractivity contribution is 5.83. The van der Waals surface area contributed by atoms with Crippen molar-refractivity contribution < 1.29 is 9.18 Å². The summed E-state index contributed by atoms with van der Waals surface area (Å²) in [5.74, 6) is 0.691. The molecule has 2 heterocycles. The molecule has 1 spiro atoms. The van der Waals surface area contributed by atoms with Crippen molar-refractivity contribution in [2.75, 3.05) is 19.6 Å². The topological polar surface area (TPSA) is 32.3 Å². The molecule has 0 bridgehead atoms. The molecule has 1 aliphatic carbocycles. The van der Waals surface area contributed by atoms with Crippen LogP contribution in [0, 0.1) is 23.1 Å². The van der Waals surface area contributed by atoms with Crippen LogP contribution >= 0.6 is 0 Å². The van der Waals surface area contributed by atoms with Crippen molar-refractivity contribution in [3.05, 3.63) is 35.6 Å². The molecule has 2 saturated heterocycles. The van der Waals surface area contributed by atoms with Gasteiger partial charge in [-0.1, -0.05) is 25.1 Å². The Labute approximate surface area is 137 Å². The summed E-state index contributed by atoms with van der Waals surface area (Å²) < 4.78 is 14.2. The summed E-state index contributed by atoms with van der Waals surface area (Å²) >= 11 is 0. The van der Waals surface area contributed by atoms with Gasteiger partial charge in [-0.15, -0.1) is 0 Å². The lowest BCUT2D eigenvalue weighted by molar-refractivity contribution is -0.134. The fourth-order valence-electron chi connectivity index (χ4n) is 4.70. The smallest absolute Gasteiger partial charge is 0.226 e. The Bertz CT molecular complexity index is 611. The first-order valence-electron chi connectivity index (χ1n) is 8.86. The zero-order valence-electron chi connectivity index (χ0n) is 13.7. The summed E-state index contributed by atoms with van der Waals surface area (Å²) in [5, 5.41) is 3.38. The van der Waals surface area contributed by atoms with E-state index in [1.165, 1.54) is 6.07 Å². The predicted molar refractivity (Wildman–Crippen MR) is 87.3 cm³/mol. The van der Waals surface area contributed by atoms with Crippen LogP contribution in [0.1, 0.15) is 44.2 Å². The molecule has 1 N–H and O–H groups in total. The number of likely N-dealkylation sites (tertiary alicyclic amines) is 1. The highest BCUT2D eigenvalue weighted by atomic mass is 19.1. The quantitative estimate of drug-likeness (QED) is 0.909. The summed E-state index contributed by atoms with van der Waals surface area (Å²) in [6, 6.07) is 6.85. The minimum Gasteiger partial charge on any atom is -0.335 e. The average molecular weight is 316 g/mol. The Kier molecular flexibility index (Phi) is 3.67. The van der Waals surface area contributed by atoms with Crippen molar-refractivity contribution in [1.82, 2.24) is 10.2 Å². The molecular weight excluding hydrogens is 291 g/mol. The minimum atomic E-state index is -0.184. The predicted octanol–water partition coefficient (Wildman–Crippen LogP) is 3.12. The Hall–Kier alpha value is -1.42. The van der Waals surface area contributed by atoms with Gasteiger partial charge in [-0.05, 0) is 56.2 Å². The molecular formula is C19H25FN2O. The summed E-state index contributed by atoms with van der Waals surface area (Å²) in [7, 11) is 0. The van der Waals surface area contributed by atoms with Crippen molar-refractivity contribution in [1.29, 1.82) is 0 Å². The SMILES string of the molecule is C[C@@H]1C[C@@H](c2ccccc2F)N(C(=O)[C@@H]2CC23CCNCC3)C1. The first-order valence-corrected chi connectivity index (χ1v) is 8.86. The first kappa shape index (κ1) is 15.1. The molecule has 1 amide bonds. The summed E-state index contributed by atoms with van der Waals surface area (Å²) in [6.07, 6.45) is 4.12. The van der Waals surface area contributed by atoms with Crippen LogP contribution in [0.25, 0.3) is 0 Å². The number of halogens is 1. The number of benzene rings is 1. The maximum Gasteiger partial charge on any atom is 0.226 e. The number of hydrogen-bond acceptors (Lipinski definition) is 2. The average Bonchev–Trinajstić information content (AvgIpc) is 3.09. The van der Waals surface area contributed by atoms with E-state index < -0.39 is 0 Å². The second-order valence-electron chi connectivity index (χ2n) is 7.74. The number of piperidine rings is 1. The van der Waals surface area contributed by atoms with Gasteiger partial charge in [0.1, 0.15) is 5.82 Å². The van der Waals surface area contributed by atoms with E-state index in [-0.39, 0.29) is 29.1 Å². The van der Waals surface area contributed by atoms with E-state index in [0.29, 0.717) is 11.5 Å². The number of carbonyl (C=O) groups excluding carboxylic acids is 1. The molecule has 2 aliphatic heterocycles. The van der Waals surface area contributed by atoms with Crippen LogP contribution in [0.3, 0.4) is 0 Å². The number of rotatable bonds is 2. The maximum absolute atomic E-state index is 14.2. The zero-order chi connectivity index (χ0) is 16.0. The fraction of sp³-hybridized carbons (Fsp3) is 0.632. The zero-order valence-corrected chi connectivity index (χ0v) is 13.7.